The van der Waals surface area contributed by atoms with Crippen molar-refractivity contribution in [2.45, 2.75) is 88.2 Å². The molecule has 59 heavy (non-hydrogen) atoms. The number of methoxy groups -OCH3 is 1. The van der Waals surface area contributed by atoms with Crippen LogP contribution in [0.5, 0.6) is 0 Å². The Kier molecular flexibility index (Phi) is 13.9. The molecular weight excluding hydrogens is 819 g/mol. The number of carbonyl (C=O) groups is 2. The van der Waals surface area contributed by atoms with E-state index >= 15 is 0 Å². The number of alkyl carbamates (subject to hydrolysis) is 1. The summed E-state index contributed by atoms with van der Waals surface area (Å²) in [6.07, 6.45) is -5.08. The number of aromatic nitrogens is 6. The van der Waals surface area contributed by atoms with Gasteiger partial charge in [0.25, 0.3) is 5.56 Å². The Bertz CT molecular complexity index is 2250. The van der Waals surface area contributed by atoms with Crippen LogP contribution >= 0.6 is 18.2 Å². The van der Waals surface area contributed by atoms with Gasteiger partial charge in [0.1, 0.15) is 60.1 Å². The van der Waals surface area contributed by atoms with Gasteiger partial charge in [0.2, 0.25) is 0 Å². The number of nitrogens with zero attached hydrogens (tertiary/aromatic N) is 5. The molecule has 5 heterocycles. The molecule has 24 heteroatoms. The minimum absolute atomic E-state index is 0.0236. The number of ether oxygens (including phenoxy) is 5. The molecule has 1 amide bonds. The van der Waals surface area contributed by atoms with Gasteiger partial charge in [-0.05, 0) is 26.3 Å². The summed E-state index contributed by atoms with van der Waals surface area (Å²) in [6.45, 7) is -0.781. The molecule has 2 aliphatic rings. The number of aliphatic hydroxyl groups excluding tert-OH is 2. The lowest BCUT2D eigenvalue weighted by Gasteiger charge is -2.28. The highest BCUT2D eigenvalue weighted by Gasteiger charge is 2.51. The number of esters is 1. The predicted molar refractivity (Wildman–Crippen MR) is 208 cm³/mol. The van der Waals surface area contributed by atoms with Gasteiger partial charge >= 0.3 is 24.5 Å². The number of nitrogen functional groups attached to an aromatic ring is 1. The average molecular weight is 865 g/mol. The quantitative estimate of drug-likeness (QED) is 0.0604. The maximum absolute atomic E-state index is 14.8. The Hall–Kier alpha value is -4.71. The third-order valence-electron chi connectivity index (χ3n) is 9.08. The Morgan fingerprint density at radius 3 is 2.56 bits per heavy atom. The minimum Gasteiger partial charge on any atom is -0.452 e. The summed E-state index contributed by atoms with van der Waals surface area (Å²) < 4.78 is 57.8. The van der Waals surface area contributed by atoms with E-state index < -0.39 is 104 Å². The molecule has 0 spiro atoms. The molecule has 6 N–H and O–H groups in total. The second kappa shape index (κ2) is 18.7. The van der Waals surface area contributed by atoms with Crippen LogP contribution in [0.1, 0.15) is 45.2 Å². The van der Waals surface area contributed by atoms with Crippen LogP contribution in [0.15, 0.2) is 64.8 Å². The third kappa shape index (κ3) is 10.7. The number of carbonyl (C=O) groups excluding carboxylic acids is 2. The van der Waals surface area contributed by atoms with Gasteiger partial charge in [-0.1, -0.05) is 30.3 Å². The summed E-state index contributed by atoms with van der Waals surface area (Å²) in [7, 11) is 1.26. The largest absolute Gasteiger partial charge is 0.452 e. The van der Waals surface area contributed by atoms with Crippen molar-refractivity contribution >= 4 is 47.2 Å². The zero-order chi connectivity index (χ0) is 42.5. The summed E-state index contributed by atoms with van der Waals surface area (Å²) in [6, 6.07) is 8.67. The first kappa shape index (κ1) is 43.9. The van der Waals surface area contributed by atoms with Gasteiger partial charge in [0, 0.05) is 43.6 Å². The number of aliphatic hydroxyl groups is 2. The van der Waals surface area contributed by atoms with Crippen LogP contribution in [-0.2, 0) is 48.5 Å². The van der Waals surface area contributed by atoms with Crippen LogP contribution in [0.25, 0.3) is 11.2 Å². The van der Waals surface area contributed by atoms with Gasteiger partial charge < -0.3 is 44.9 Å². The number of aromatic amines is 1. The number of nitrogens with one attached hydrogen (secondary N) is 2. The molecule has 5 unspecified atom stereocenters. The molecule has 2 aliphatic heterocycles. The van der Waals surface area contributed by atoms with Crippen molar-refractivity contribution in [3.05, 3.63) is 81.7 Å². The van der Waals surface area contributed by atoms with Crippen LogP contribution in [-0.4, -0.2) is 120 Å². The first-order valence-electron chi connectivity index (χ1n) is 18.2. The molecule has 22 nitrogen and oxygen atoms in total. The van der Waals surface area contributed by atoms with E-state index in [0.29, 0.717) is 28.1 Å². The molecule has 2 saturated heterocycles. The number of amides is 1. The van der Waals surface area contributed by atoms with Gasteiger partial charge in [0.05, 0.1) is 25.6 Å². The standard InChI is InChI=1S/C35H45N8O14PS/c1-35(2,3)56-34(49)40-20(12-19-8-6-5-7-9-19)32(47)52-18-59-58(50,57-27-22(14-44)55-31(28(27)51-4)42-11-10-24(46)41-33(42)48)53-15-23-21(45)13-25(54-23)43-17-39-26-29(36)37-16-38-30(26)43/h5-11,16-17,20-23,25,27-28,31,44-45H,12-15,18H2,1-4H3,(H,40,49)(H2,36,37,38)(H,41,46,48)/t20?,21?,22-,23-,25-,27?,28?,31-,58?/m1/s1. The normalized spacial score (nSPS) is 24.7. The lowest BCUT2D eigenvalue weighted by molar-refractivity contribution is -0.143. The zero-order valence-corrected chi connectivity index (χ0v) is 34.0. The number of benzene rings is 1. The number of rotatable bonds is 16. The van der Waals surface area contributed by atoms with Gasteiger partial charge in [-0.15, -0.1) is 0 Å². The van der Waals surface area contributed by atoms with Gasteiger partial charge in [0.15, 0.2) is 17.7 Å². The lowest BCUT2D eigenvalue weighted by Crippen LogP contribution is -2.45. The summed E-state index contributed by atoms with van der Waals surface area (Å²) >= 11 is 0.438. The predicted octanol–water partition coefficient (Wildman–Crippen LogP) is 1.39. The second-order valence-corrected chi connectivity index (χ2v) is 18.4. The molecule has 4 aromatic rings. The monoisotopic (exact) mass is 864 g/mol. The number of hydrogen-bond acceptors (Lipinski definition) is 19. The van der Waals surface area contributed by atoms with Crippen LogP contribution < -0.4 is 22.3 Å². The maximum atomic E-state index is 14.8. The van der Waals surface area contributed by atoms with Crippen molar-refractivity contribution < 1.29 is 57.1 Å². The van der Waals surface area contributed by atoms with Crippen molar-refractivity contribution in [3.63, 3.8) is 0 Å². The van der Waals surface area contributed by atoms with Gasteiger partial charge in [-0.2, -0.15) is 0 Å². The molecule has 2 fully saturated rings. The second-order valence-electron chi connectivity index (χ2n) is 14.4. The van der Waals surface area contributed by atoms with Crippen LogP contribution in [0.3, 0.4) is 0 Å². The topological polar surface area (TPSA) is 293 Å². The van der Waals surface area contributed by atoms with E-state index in [1.165, 1.54) is 19.8 Å². The fourth-order valence-electron chi connectivity index (χ4n) is 6.36. The summed E-state index contributed by atoms with van der Waals surface area (Å²) in [5, 5.41) is 23.9. The van der Waals surface area contributed by atoms with E-state index in [9.17, 15) is 34.0 Å². The van der Waals surface area contributed by atoms with Crippen LogP contribution in [0.4, 0.5) is 10.6 Å². The van der Waals surface area contributed by atoms with Gasteiger partial charge in [-0.25, -0.2) is 33.9 Å². The third-order valence-corrected chi connectivity index (χ3v) is 12.4. The van der Waals surface area contributed by atoms with E-state index in [1.54, 1.807) is 55.7 Å². The van der Waals surface area contributed by atoms with E-state index in [-0.39, 0.29) is 18.7 Å². The van der Waals surface area contributed by atoms with Gasteiger partial charge in [-0.3, -0.25) is 28.0 Å². The maximum Gasteiger partial charge on any atom is 0.408 e. The number of fused-ring (bicyclic) bond motifs is 1. The molecule has 320 valence electrons. The molecule has 0 radical (unpaired) electrons. The Morgan fingerprint density at radius 1 is 1.10 bits per heavy atom. The first-order chi connectivity index (χ1) is 28.1. The van der Waals surface area contributed by atoms with E-state index in [1.807, 2.05) is 0 Å². The van der Waals surface area contributed by atoms with E-state index in [4.69, 9.17) is 38.5 Å². The highest BCUT2D eigenvalue weighted by Crippen LogP contribution is 2.63. The number of imidazole rings is 1. The lowest BCUT2D eigenvalue weighted by atomic mass is 10.1. The zero-order valence-electron chi connectivity index (χ0n) is 32.3. The van der Waals surface area contributed by atoms with E-state index in [0.717, 1.165) is 16.8 Å². The minimum atomic E-state index is -4.56. The Morgan fingerprint density at radius 2 is 1.86 bits per heavy atom. The van der Waals surface area contributed by atoms with Crippen LogP contribution in [0.2, 0.25) is 0 Å². The van der Waals surface area contributed by atoms with Crippen molar-refractivity contribution in [2.24, 2.45) is 0 Å². The van der Waals surface area contributed by atoms with Crippen LogP contribution in [0, 0.1) is 0 Å². The van der Waals surface area contributed by atoms with E-state index in [2.05, 4.69) is 25.3 Å². The number of hydrogen-bond donors (Lipinski definition) is 5. The first-order valence-corrected chi connectivity index (χ1v) is 21.4. The summed E-state index contributed by atoms with van der Waals surface area (Å²) in [5.74, 6) is -1.40. The van der Waals surface area contributed by atoms with Crippen molar-refractivity contribution in [2.75, 3.05) is 32.0 Å². The number of nitrogens with two attached hydrogens (primary N) is 1. The average Bonchev–Trinajstić information content (AvgIpc) is 3.88. The molecule has 6 rings (SSSR count). The number of H-pyrrole nitrogens is 1. The summed E-state index contributed by atoms with van der Waals surface area (Å²) in [4.78, 5) is 65.2. The van der Waals surface area contributed by atoms with Crippen molar-refractivity contribution in [3.8, 4) is 0 Å². The molecule has 3 aromatic heterocycles. The highest BCUT2D eigenvalue weighted by molar-refractivity contribution is 8.55. The Labute approximate surface area is 339 Å². The fourth-order valence-corrected chi connectivity index (χ4v) is 9.17. The Balaban J connectivity index is 1.21. The SMILES string of the molecule is COC1C(OP(=O)(OC[C@H]2O[C@@H](n3cnc4c(N)ncnc43)CC2O)SCOC(=O)C(Cc2ccccc2)NC(=O)OC(C)(C)C)[C@@H](CO)O[C@H]1n1ccc(=O)[nH]c1=O. The fraction of sp³-hybridized carbons (Fsp3) is 0.514. The molecule has 0 saturated carbocycles. The molecule has 1 aromatic carbocycles. The molecule has 0 aliphatic carbocycles. The molecule has 9 atom stereocenters. The van der Waals surface area contributed by atoms with Crippen molar-refractivity contribution in [1.29, 1.82) is 0 Å². The highest BCUT2D eigenvalue weighted by atomic mass is 32.7. The molecular formula is C35H45N8O14PS. The van der Waals surface area contributed by atoms with Crippen molar-refractivity contribution in [1.82, 2.24) is 34.4 Å². The number of anilines is 1. The molecule has 0 bridgehead atoms. The summed E-state index contributed by atoms with van der Waals surface area (Å²) in [5.41, 5.74) is 4.92. The smallest absolute Gasteiger partial charge is 0.408 e.